The molecule has 0 N–H and O–H groups in total. The molecule has 24 heavy (non-hydrogen) atoms. The van der Waals surface area contributed by atoms with E-state index in [0.717, 1.165) is 38.0 Å². The van der Waals surface area contributed by atoms with Crippen molar-refractivity contribution in [3.63, 3.8) is 0 Å². The normalized spacial score (nSPS) is 17.9. The number of likely N-dealkylation sites (tertiary alicyclic amines) is 1. The molecule has 0 radical (unpaired) electrons. The SMILES string of the molecule is CC(C)CN(C(=O)C(C)OCc1ccccc1)C1CCN(C)CC1. The highest BCUT2D eigenvalue weighted by Crippen LogP contribution is 2.19. The van der Waals surface area contributed by atoms with Gasteiger partial charge in [-0.15, -0.1) is 0 Å². The molecule has 4 heteroatoms. The Morgan fingerprint density at radius 2 is 1.83 bits per heavy atom. The maximum atomic E-state index is 13.0. The third kappa shape index (κ3) is 5.60. The van der Waals surface area contributed by atoms with Gasteiger partial charge < -0.3 is 14.5 Å². The number of carbonyl (C=O) groups excluding carboxylic acids is 1. The quantitative estimate of drug-likeness (QED) is 0.769. The molecule has 1 heterocycles. The van der Waals surface area contributed by atoms with E-state index in [1.165, 1.54) is 0 Å². The zero-order valence-electron chi connectivity index (χ0n) is 15.6. The average Bonchev–Trinajstić information content (AvgIpc) is 2.58. The minimum Gasteiger partial charge on any atom is -0.364 e. The van der Waals surface area contributed by atoms with Crippen molar-refractivity contribution in [3.8, 4) is 0 Å². The molecule has 0 aliphatic carbocycles. The van der Waals surface area contributed by atoms with Crippen LogP contribution < -0.4 is 0 Å². The van der Waals surface area contributed by atoms with Gasteiger partial charge in [0.05, 0.1) is 6.61 Å². The third-order valence-electron chi connectivity index (χ3n) is 4.66. The summed E-state index contributed by atoms with van der Waals surface area (Å²) in [4.78, 5) is 17.4. The molecule has 0 aromatic heterocycles. The fourth-order valence-corrected chi connectivity index (χ4v) is 3.22. The molecule has 1 unspecified atom stereocenters. The highest BCUT2D eigenvalue weighted by molar-refractivity contribution is 5.80. The second kappa shape index (κ2) is 9.19. The van der Waals surface area contributed by atoms with Crippen molar-refractivity contribution in [1.82, 2.24) is 9.80 Å². The maximum Gasteiger partial charge on any atom is 0.251 e. The number of nitrogens with zero attached hydrogens (tertiary/aromatic N) is 2. The van der Waals surface area contributed by atoms with Gasteiger partial charge in [-0.3, -0.25) is 4.79 Å². The summed E-state index contributed by atoms with van der Waals surface area (Å²) in [7, 11) is 2.15. The molecule has 134 valence electrons. The van der Waals surface area contributed by atoms with Crippen LogP contribution in [0.15, 0.2) is 30.3 Å². The summed E-state index contributed by atoms with van der Waals surface area (Å²) in [5.41, 5.74) is 1.10. The number of amides is 1. The number of piperidine rings is 1. The van der Waals surface area contributed by atoms with Crippen LogP contribution in [0.1, 0.15) is 39.2 Å². The molecule has 0 bridgehead atoms. The maximum absolute atomic E-state index is 13.0. The Morgan fingerprint density at radius 1 is 1.21 bits per heavy atom. The van der Waals surface area contributed by atoms with Crippen LogP contribution in [0.25, 0.3) is 0 Å². The molecular formula is C20H32N2O2. The van der Waals surface area contributed by atoms with Gasteiger partial charge in [-0.25, -0.2) is 0 Å². The zero-order chi connectivity index (χ0) is 17.5. The zero-order valence-corrected chi connectivity index (χ0v) is 15.6. The molecule has 1 fully saturated rings. The molecule has 1 aliphatic heterocycles. The first-order valence-corrected chi connectivity index (χ1v) is 9.12. The summed E-state index contributed by atoms with van der Waals surface area (Å²) in [6, 6.07) is 10.4. The number of benzene rings is 1. The number of ether oxygens (including phenoxy) is 1. The lowest BCUT2D eigenvalue weighted by molar-refractivity contribution is -0.147. The van der Waals surface area contributed by atoms with E-state index in [0.29, 0.717) is 18.6 Å². The van der Waals surface area contributed by atoms with E-state index in [9.17, 15) is 4.79 Å². The van der Waals surface area contributed by atoms with Crippen molar-refractivity contribution in [2.24, 2.45) is 5.92 Å². The highest BCUT2D eigenvalue weighted by atomic mass is 16.5. The summed E-state index contributed by atoms with van der Waals surface area (Å²) in [6.07, 6.45) is 1.71. The predicted octanol–water partition coefficient (Wildman–Crippen LogP) is 3.17. The van der Waals surface area contributed by atoms with Crippen molar-refractivity contribution in [2.45, 2.75) is 52.4 Å². The van der Waals surface area contributed by atoms with Crippen LogP contribution in [-0.2, 0) is 16.1 Å². The molecule has 1 aliphatic rings. The Balaban J connectivity index is 1.95. The van der Waals surface area contributed by atoms with Gasteiger partial charge in [0.25, 0.3) is 5.91 Å². The molecule has 4 nitrogen and oxygen atoms in total. The summed E-state index contributed by atoms with van der Waals surface area (Å²) in [5, 5.41) is 0. The fourth-order valence-electron chi connectivity index (χ4n) is 3.22. The van der Waals surface area contributed by atoms with Gasteiger partial charge in [0.2, 0.25) is 0 Å². The largest absolute Gasteiger partial charge is 0.364 e. The van der Waals surface area contributed by atoms with E-state index in [1.54, 1.807) is 0 Å². The van der Waals surface area contributed by atoms with E-state index >= 15 is 0 Å². The molecule has 0 saturated carbocycles. The van der Waals surface area contributed by atoms with Crippen molar-refractivity contribution < 1.29 is 9.53 Å². The van der Waals surface area contributed by atoms with Crippen molar-refractivity contribution in [3.05, 3.63) is 35.9 Å². The van der Waals surface area contributed by atoms with E-state index in [2.05, 4.69) is 30.7 Å². The third-order valence-corrected chi connectivity index (χ3v) is 4.66. The van der Waals surface area contributed by atoms with Gasteiger partial charge in [-0.2, -0.15) is 0 Å². The number of hydrogen-bond acceptors (Lipinski definition) is 3. The second-order valence-corrected chi connectivity index (χ2v) is 7.36. The summed E-state index contributed by atoms with van der Waals surface area (Å²) in [5.74, 6) is 0.601. The van der Waals surface area contributed by atoms with Gasteiger partial charge in [-0.05, 0) is 51.4 Å². The average molecular weight is 332 g/mol. The Labute approximate surface area is 146 Å². The van der Waals surface area contributed by atoms with Gasteiger partial charge in [0, 0.05) is 12.6 Å². The lowest BCUT2D eigenvalue weighted by Gasteiger charge is -2.39. The van der Waals surface area contributed by atoms with E-state index < -0.39 is 6.10 Å². The minimum atomic E-state index is -0.399. The molecule has 1 aromatic rings. The summed E-state index contributed by atoms with van der Waals surface area (Å²) in [6.45, 7) is 9.64. The molecule has 2 rings (SSSR count). The first-order valence-electron chi connectivity index (χ1n) is 9.12. The van der Waals surface area contributed by atoms with Crippen LogP contribution in [0.5, 0.6) is 0 Å². The van der Waals surface area contributed by atoms with Crippen LogP contribution in [0.3, 0.4) is 0 Å². The van der Waals surface area contributed by atoms with Crippen LogP contribution in [0.4, 0.5) is 0 Å². The first-order chi connectivity index (χ1) is 11.5. The predicted molar refractivity (Wildman–Crippen MR) is 97.8 cm³/mol. The minimum absolute atomic E-state index is 0.134. The number of rotatable bonds is 7. The first kappa shape index (κ1) is 18.9. The fraction of sp³-hybridized carbons (Fsp3) is 0.650. The summed E-state index contributed by atoms with van der Waals surface area (Å²) < 4.78 is 5.86. The van der Waals surface area contributed by atoms with E-state index in [-0.39, 0.29) is 5.91 Å². The van der Waals surface area contributed by atoms with Crippen LogP contribution in [0.2, 0.25) is 0 Å². The van der Waals surface area contributed by atoms with Gasteiger partial charge in [0.15, 0.2) is 0 Å². The second-order valence-electron chi connectivity index (χ2n) is 7.36. The molecule has 1 saturated heterocycles. The lowest BCUT2D eigenvalue weighted by Crippen LogP contribution is -2.51. The lowest BCUT2D eigenvalue weighted by atomic mass is 10.0. The molecule has 1 amide bonds. The Kier molecular flexibility index (Phi) is 7.25. The van der Waals surface area contributed by atoms with Crippen molar-refractivity contribution >= 4 is 5.91 Å². The molecule has 1 atom stereocenters. The molecule has 1 aromatic carbocycles. The number of hydrogen-bond donors (Lipinski definition) is 0. The standard InChI is InChI=1S/C20H32N2O2/c1-16(2)14-22(19-10-12-21(4)13-11-19)20(23)17(3)24-15-18-8-6-5-7-9-18/h5-9,16-17,19H,10-15H2,1-4H3. The topological polar surface area (TPSA) is 32.8 Å². The number of carbonyl (C=O) groups is 1. The van der Waals surface area contributed by atoms with Gasteiger partial charge in [-0.1, -0.05) is 44.2 Å². The smallest absolute Gasteiger partial charge is 0.251 e. The van der Waals surface area contributed by atoms with Crippen LogP contribution in [-0.4, -0.2) is 54.5 Å². The Hall–Kier alpha value is -1.39. The van der Waals surface area contributed by atoms with Crippen LogP contribution >= 0.6 is 0 Å². The Bertz CT molecular complexity index is 496. The highest BCUT2D eigenvalue weighted by Gasteiger charge is 2.30. The van der Waals surface area contributed by atoms with E-state index in [1.807, 2.05) is 37.3 Å². The van der Waals surface area contributed by atoms with Crippen molar-refractivity contribution in [2.75, 3.05) is 26.7 Å². The van der Waals surface area contributed by atoms with Crippen LogP contribution in [0, 0.1) is 5.92 Å². The van der Waals surface area contributed by atoms with Gasteiger partial charge >= 0.3 is 0 Å². The molecule has 0 spiro atoms. The van der Waals surface area contributed by atoms with Crippen molar-refractivity contribution in [1.29, 1.82) is 0 Å². The van der Waals surface area contributed by atoms with Gasteiger partial charge in [0.1, 0.15) is 6.10 Å². The monoisotopic (exact) mass is 332 g/mol. The molecular weight excluding hydrogens is 300 g/mol. The van der Waals surface area contributed by atoms with E-state index in [4.69, 9.17) is 4.74 Å². The summed E-state index contributed by atoms with van der Waals surface area (Å²) >= 11 is 0. The Morgan fingerprint density at radius 3 is 2.42 bits per heavy atom.